The molecule has 12 heteroatoms. The van der Waals surface area contributed by atoms with E-state index in [0.717, 1.165) is 10.6 Å². The first kappa shape index (κ1) is 34.4. The van der Waals surface area contributed by atoms with E-state index in [0.29, 0.717) is 0 Å². The van der Waals surface area contributed by atoms with E-state index in [1.165, 1.54) is 0 Å². The summed E-state index contributed by atoms with van der Waals surface area (Å²) in [4.78, 5) is 32.2. The van der Waals surface area contributed by atoms with Gasteiger partial charge in [-0.25, -0.2) is 9.86 Å². The zero-order chi connectivity index (χ0) is 32.7. The lowest BCUT2D eigenvalue weighted by molar-refractivity contribution is -0.353. The van der Waals surface area contributed by atoms with Gasteiger partial charge in [-0.3, -0.25) is 9.63 Å². The summed E-state index contributed by atoms with van der Waals surface area (Å²) >= 11 is 0. The van der Waals surface area contributed by atoms with Gasteiger partial charge in [0.1, 0.15) is 43.2 Å². The van der Waals surface area contributed by atoms with Crippen LogP contribution in [0.2, 0.25) is 37.8 Å². The molecule has 2 fully saturated rings. The van der Waals surface area contributed by atoms with Crippen molar-refractivity contribution in [3.63, 3.8) is 0 Å². The molecule has 0 radical (unpaired) electrons. The van der Waals surface area contributed by atoms with Gasteiger partial charge in [-0.2, -0.15) is 0 Å². The van der Waals surface area contributed by atoms with Gasteiger partial charge in [-0.1, -0.05) is 69.3 Å². The summed E-state index contributed by atoms with van der Waals surface area (Å²) in [7, 11) is -5.23. The Bertz CT molecular complexity index is 1310. The van der Waals surface area contributed by atoms with E-state index >= 15 is 0 Å². The number of hydrogen-bond acceptors (Lipinski definition) is 9. The Morgan fingerprint density at radius 1 is 0.909 bits per heavy atom. The molecule has 1 spiro atoms. The summed E-state index contributed by atoms with van der Waals surface area (Å²) < 4.78 is 19.2. The van der Waals surface area contributed by atoms with E-state index in [1.807, 2.05) is 83.8 Å². The van der Waals surface area contributed by atoms with Gasteiger partial charge in [0.05, 0.1) is 12.0 Å². The maximum atomic E-state index is 13.2. The number of benzene rings is 2. The van der Waals surface area contributed by atoms with Gasteiger partial charge in [0.25, 0.3) is 0 Å². The number of ether oxygens (including phenoxy) is 1. The lowest BCUT2D eigenvalue weighted by atomic mass is 9.62. The number of nitrogens with zero attached hydrogens (tertiary/aromatic N) is 1. The van der Waals surface area contributed by atoms with Crippen LogP contribution in [0.15, 0.2) is 60.7 Å². The van der Waals surface area contributed by atoms with Crippen LogP contribution in [-0.4, -0.2) is 91.1 Å². The zero-order valence-corrected chi connectivity index (χ0v) is 28.9. The molecule has 6 atom stereocenters. The van der Waals surface area contributed by atoms with Gasteiger partial charge in [0, 0.05) is 0 Å². The molecule has 4 rings (SSSR count). The summed E-state index contributed by atoms with van der Waals surface area (Å²) in [6.07, 6.45) is -6.24. The number of β-lactam (4-membered cyclic amide) rings is 1. The summed E-state index contributed by atoms with van der Waals surface area (Å²) in [5, 5.41) is 36.8. The molecule has 0 aromatic heterocycles. The molecule has 2 aromatic rings. The fraction of sp³-hybridized carbons (Fsp3) is 0.562. The van der Waals surface area contributed by atoms with Gasteiger partial charge in [0.2, 0.25) is 5.91 Å². The normalized spacial score (nSPS) is 29.4. The third-order valence-corrected chi connectivity index (χ3v) is 14.4. The van der Waals surface area contributed by atoms with Crippen molar-refractivity contribution in [3.05, 3.63) is 71.8 Å². The van der Waals surface area contributed by atoms with Gasteiger partial charge < -0.3 is 28.9 Å². The highest BCUT2D eigenvalue weighted by molar-refractivity contribution is 6.74. The van der Waals surface area contributed by atoms with Crippen molar-refractivity contribution in [2.75, 3.05) is 6.61 Å². The summed E-state index contributed by atoms with van der Waals surface area (Å²) in [5.74, 6) is -1.11. The van der Waals surface area contributed by atoms with Crippen LogP contribution < -0.4 is 0 Å². The summed E-state index contributed by atoms with van der Waals surface area (Å²) in [6.45, 7) is 15.3. The van der Waals surface area contributed by atoms with Crippen LogP contribution in [0.1, 0.15) is 43.1 Å². The van der Waals surface area contributed by atoms with Crippen molar-refractivity contribution in [1.29, 1.82) is 0 Å². The Kier molecular flexibility index (Phi) is 9.71. The molecular weight excluding hydrogens is 599 g/mol. The summed E-state index contributed by atoms with van der Waals surface area (Å²) in [6, 6.07) is 17.6. The molecule has 10 nitrogen and oxygen atoms in total. The number of aliphatic hydroxyl groups excluding tert-OH is 2. The minimum Gasteiger partial charge on any atom is -0.459 e. The highest BCUT2D eigenvalue weighted by Crippen LogP contribution is 2.52. The average molecular weight is 646 g/mol. The van der Waals surface area contributed by atoms with Crippen molar-refractivity contribution in [2.45, 2.75) is 107 Å². The highest BCUT2D eigenvalue weighted by atomic mass is 28.4. The molecule has 1 saturated heterocycles. The second-order valence-corrected chi connectivity index (χ2v) is 23.6. The van der Waals surface area contributed by atoms with Crippen LogP contribution in [-0.2, 0) is 29.8 Å². The Morgan fingerprint density at radius 2 is 1.48 bits per heavy atom. The third-order valence-electron chi connectivity index (χ3n) is 8.98. The molecule has 0 unspecified atom stereocenters. The van der Waals surface area contributed by atoms with Crippen molar-refractivity contribution >= 4 is 28.5 Å². The fourth-order valence-electron chi connectivity index (χ4n) is 5.49. The van der Waals surface area contributed by atoms with Crippen molar-refractivity contribution in [1.82, 2.24) is 5.06 Å². The first-order valence-corrected chi connectivity index (χ1v) is 21.3. The molecule has 1 saturated carbocycles. The molecule has 2 aromatic carbocycles. The van der Waals surface area contributed by atoms with Gasteiger partial charge in [-0.15, -0.1) is 0 Å². The standard InChI is InChI=1S/C32H47NO9Si2/c1-30(2,3)44(7,8)42-28-27(41-43(4,5)6)31(19-24(34)33(31)40-20-22-15-11-9-12-16-22)25(35)26(36)32(28,38)21-39-29(37)23-17-13-10-14-18-23/h9-18,25-28,35-36,38H,19-21H2,1-8H3/t25-,26+,27+,28-,31+,32-/m0/s1. The predicted octanol–water partition coefficient (Wildman–Crippen LogP) is 4.02. The quantitative estimate of drug-likeness (QED) is 0.199. The lowest BCUT2D eigenvalue weighted by Gasteiger charge is -2.65. The Morgan fingerprint density at radius 3 is 2.00 bits per heavy atom. The molecule has 3 N–H and O–H groups in total. The van der Waals surface area contributed by atoms with Crippen molar-refractivity contribution < 1.29 is 43.3 Å². The van der Waals surface area contributed by atoms with E-state index in [2.05, 4.69) is 0 Å². The maximum absolute atomic E-state index is 13.2. The van der Waals surface area contributed by atoms with Crippen molar-refractivity contribution in [2.24, 2.45) is 0 Å². The number of carbonyl (C=O) groups is 2. The van der Waals surface area contributed by atoms with Crippen LogP contribution in [0.5, 0.6) is 0 Å². The van der Waals surface area contributed by atoms with E-state index < -0.39 is 70.7 Å². The van der Waals surface area contributed by atoms with E-state index in [9.17, 15) is 24.9 Å². The van der Waals surface area contributed by atoms with Gasteiger partial charge in [-0.05, 0) is 55.5 Å². The zero-order valence-electron chi connectivity index (χ0n) is 26.9. The number of esters is 1. The minimum absolute atomic E-state index is 0.0313. The Balaban J connectivity index is 1.80. The molecule has 242 valence electrons. The molecule has 1 heterocycles. The smallest absolute Gasteiger partial charge is 0.338 e. The Labute approximate surface area is 262 Å². The number of hydrogen-bond donors (Lipinski definition) is 3. The van der Waals surface area contributed by atoms with Crippen LogP contribution in [0, 0.1) is 0 Å². The molecule has 0 bridgehead atoms. The number of carbonyl (C=O) groups excluding carboxylic acids is 2. The number of hydroxylamine groups is 2. The van der Waals surface area contributed by atoms with Crippen LogP contribution in [0.3, 0.4) is 0 Å². The maximum Gasteiger partial charge on any atom is 0.338 e. The minimum atomic E-state index is -2.73. The van der Waals surface area contributed by atoms with Gasteiger partial charge in [0.15, 0.2) is 22.2 Å². The van der Waals surface area contributed by atoms with E-state index in [1.54, 1.807) is 30.3 Å². The monoisotopic (exact) mass is 645 g/mol. The third kappa shape index (κ3) is 6.58. The Hall–Kier alpha value is -2.43. The average Bonchev–Trinajstić information content (AvgIpc) is 2.94. The summed E-state index contributed by atoms with van der Waals surface area (Å²) in [5.41, 5.74) is -2.80. The molecule has 2 aliphatic rings. The number of aliphatic hydroxyl groups is 3. The molecule has 1 amide bonds. The van der Waals surface area contributed by atoms with E-state index in [-0.39, 0.29) is 23.6 Å². The molecule has 1 aliphatic carbocycles. The fourth-order valence-corrected chi connectivity index (χ4v) is 7.90. The number of rotatable bonds is 10. The highest BCUT2D eigenvalue weighted by Gasteiger charge is 2.75. The lowest BCUT2D eigenvalue weighted by Crippen LogP contribution is -2.87. The first-order chi connectivity index (χ1) is 20.3. The second kappa shape index (κ2) is 12.4. The van der Waals surface area contributed by atoms with E-state index in [4.69, 9.17) is 18.4 Å². The first-order valence-electron chi connectivity index (χ1n) is 15.0. The van der Waals surface area contributed by atoms with Crippen LogP contribution in [0.25, 0.3) is 0 Å². The van der Waals surface area contributed by atoms with Crippen LogP contribution >= 0.6 is 0 Å². The second-order valence-electron chi connectivity index (χ2n) is 14.4. The number of amides is 1. The van der Waals surface area contributed by atoms with Crippen molar-refractivity contribution in [3.8, 4) is 0 Å². The predicted molar refractivity (Wildman–Crippen MR) is 169 cm³/mol. The molecular formula is C32H47NO9Si2. The largest absolute Gasteiger partial charge is 0.459 e. The molecule has 44 heavy (non-hydrogen) atoms. The molecule has 1 aliphatic heterocycles. The van der Waals surface area contributed by atoms with Gasteiger partial charge >= 0.3 is 5.97 Å². The topological polar surface area (TPSA) is 135 Å². The van der Waals surface area contributed by atoms with Crippen LogP contribution in [0.4, 0.5) is 0 Å². The SMILES string of the molecule is CC(C)(C)[Si](C)(C)O[C@H]1[C@@H](O[Si](C)(C)C)[C@@]2(CC(=O)N2OCc2ccccc2)[C@@H](O)[C@@H](O)[C@@]1(O)COC(=O)c1ccccc1.